The zero-order chi connectivity index (χ0) is 11.4. The van der Waals surface area contributed by atoms with Gasteiger partial charge in [0.1, 0.15) is 5.69 Å². The Kier molecular flexibility index (Phi) is 3.05. The molecule has 0 spiro atoms. The lowest BCUT2D eigenvalue weighted by Crippen LogP contribution is -2.23. The van der Waals surface area contributed by atoms with Gasteiger partial charge in [-0.25, -0.2) is 0 Å². The van der Waals surface area contributed by atoms with Gasteiger partial charge < -0.3 is 10.3 Å². The molecule has 2 aromatic rings. The van der Waals surface area contributed by atoms with Gasteiger partial charge >= 0.3 is 0 Å². The van der Waals surface area contributed by atoms with Gasteiger partial charge in [0.2, 0.25) is 0 Å². The molecule has 0 saturated carbocycles. The molecule has 1 heterocycles. The Morgan fingerprint density at radius 3 is 2.75 bits per heavy atom. The molecule has 0 aliphatic rings. The van der Waals surface area contributed by atoms with Crippen LogP contribution >= 0.6 is 0 Å². The fourth-order valence-electron chi connectivity index (χ4n) is 1.55. The van der Waals surface area contributed by atoms with E-state index in [2.05, 4.69) is 10.3 Å². The minimum absolute atomic E-state index is 0.0757. The van der Waals surface area contributed by atoms with Crippen molar-refractivity contribution in [3.05, 3.63) is 59.4 Å². The van der Waals surface area contributed by atoms with Crippen molar-refractivity contribution < 1.29 is 4.79 Å². The molecule has 82 valence electrons. The molecule has 2 N–H and O–H groups in total. The van der Waals surface area contributed by atoms with E-state index in [1.54, 1.807) is 12.3 Å². The van der Waals surface area contributed by atoms with E-state index in [-0.39, 0.29) is 5.91 Å². The van der Waals surface area contributed by atoms with Crippen LogP contribution in [0.2, 0.25) is 0 Å². The van der Waals surface area contributed by atoms with Gasteiger partial charge in [-0.2, -0.15) is 0 Å². The second kappa shape index (κ2) is 4.66. The summed E-state index contributed by atoms with van der Waals surface area (Å²) in [4.78, 5) is 14.5. The second-order valence-corrected chi connectivity index (χ2v) is 3.69. The molecule has 0 aliphatic carbocycles. The molecule has 1 amide bonds. The SMILES string of the molecule is Cc1ccccc1CNC(=O)c1ccc[nH]1. The summed E-state index contributed by atoms with van der Waals surface area (Å²) in [6.45, 7) is 2.60. The van der Waals surface area contributed by atoms with Crippen molar-refractivity contribution >= 4 is 5.91 Å². The number of aryl methyl sites for hydroxylation is 1. The molecule has 0 aliphatic heterocycles. The summed E-state index contributed by atoms with van der Waals surface area (Å²) in [5, 5.41) is 2.87. The Bertz CT molecular complexity index is 474. The number of carbonyl (C=O) groups excluding carboxylic acids is 1. The first-order valence-corrected chi connectivity index (χ1v) is 5.23. The lowest BCUT2D eigenvalue weighted by molar-refractivity contribution is 0.0946. The Hall–Kier alpha value is -2.03. The normalized spacial score (nSPS) is 10.1. The second-order valence-electron chi connectivity index (χ2n) is 3.69. The zero-order valence-corrected chi connectivity index (χ0v) is 9.16. The summed E-state index contributed by atoms with van der Waals surface area (Å²) in [7, 11) is 0. The molecule has 0 atom stereocenters. The minimum Gasteiger partial charge on any atom is -0.357 e. The van der Waals surface area contributed by atoms with Crippen molar-refractivity contribution in [2.75, 3.05) is 0 Å². The number of aromatic amines is 1. The van der Waals surface area contributed by atoms with Gasteiger partial charge in [0.05, 0.1) is 0 Å². The van der Waals surface area contributed by atoms with Gasteiger partial charge in [0.15, 0.2) is 0 Å². The average Bonchev–Trinajstić information content (AvgIpc) is 2.81. The number of carbonyl (C=O) groups is 1. The summed E-state index contributed by atoms with van der Waals surface area (Å²) in [5.41, 5.74) is 2.92. The molecular weight excluding hydrogens is 200 g/mol. The Morgan fingerprint density at radius 1 is 1.25 bits per heavy atom. The van der Waals surface area contributed by atoms with Crippen LogP contribution in [0.3, 0.4) is 0 Å². The molecule has 3 nitrogen and oxygen atoms in total. The van der Waals surface area contributed by atoms with Crippen LogP contribution in [-0.4, -0.2) is 10.9 Å². The minimum atomic E-state index is -0.0757. The number of benzene rings is 1. The predicted molar refractivity (Wildman–Crippen MR) is 63.1 cm³/mol. The van der Waals surface area contributed by atoms with E-state index in [0.717, 1.165) is 5.56 Å². The summed E-state index contributed by atoms with van der Waals surface area (Å²) < 4.78 is 0. The van der Waals surface area contributed by atoms with Crippen LogP contribution in [0, 0.1) is 6.92 Å². The third-order valence-corrected chi connectivity index (χ3v) is 2.54. The molecule has 0 saturated heterocycles. The lowest BCUT2D eigenvalue weighted by atomic mass is 10.1. The van der Waals surface area contributed by atoms with Gasteiger partial charge in [0.25, 0.3) is 5.91 Å². The number of rotatable bonds is 3. The largest absolute Gasteiger partial charge is 0.357 e. The Labute approximate surface area is 94.5 Å². The van der Waals surface area contributed by atoms with Crippen LogP contribution in [0.25, 0.3) is 0 Å². The number of amides is 1. The summed E-state index contributed by atoms with van der Waals surface area (Å²) in [6, 6.07) is 11.6. The van der Waals surface area contributed by atoms with E-state index >= 15 is 0 Å². The number of hydrogen-bond donors (Lipinski definition) is 2. The molecule has 2 rings (SSSR count). The zero-order valence-electron chi connectivity index (χ0n) is 9.16. The highest BCUT2D eigenvalue weighted by molar-refractivity contribution is 5.92. The van der Waals surface area contributed by atoms with Crippen LogP contribution < -0.4 is 5.32 Å². The van der Waals surface area contributed by atoms with Crippen molar-refractivity contribution in [3.8, 4) is 0 Å². The molecule has 1 aromatic carbocycles. The van der Waals surface area contributed by atoms with Gasteiger partial charge in [-0.3, -0.25) is 4.79 Å². The maximum atomic E-state index is 11.6. The molecule has 0 bridgehead atoms. The number of aromatic nitrogens is 1. The summed E-state index contributed by atoms with van der Waals surface area (Å²) in [5.74, 6) is -0.0757. The molecular formula is C13H14N2O. The Morgan fingerprint density at radius 2 is 2.06 bits per heavy atom. The molecule has 3 heteroatoms. The maximum Gasteiger partial charge on any atom is 0.267 e. The van der Waals surface area contributed by atoms with E-state index in [1.165, 1.54) is 5.56 Å². The lowest BCUT2D eigenvalue weighted by Gasteiger charge is -2.06. The first kappa shape index (κ1) is 10.5. The van der Waals surface area contributed by atoms with Crippen LogP contribution in [0.5, 0.6) is 0 Å². The monoisotopic (exact) mass is 214 g/mol. The van der Waals surface area contributed by atoms with Crippen molar-refractivity contribution in [1.29, 1.82) is 0 Å². The standard InChI is InChI=1S/C13H14N2O/c1-10-5-2-3-6-11(10)9-15-13(16)12-7-4-8-14-12/h2-8,14H,9H2,1H3,(H,15,16). The van der Waals surface area contributed by atoms with Crippen molar-refractivity contribution in [1.82, 2.24) is 10.3 Å². The third kappa shape index (κ3) is 2.31. The van der Waals surface area contributed by atoms with Gasteiger partial charge in [-0.05, 0) is 30.2 Å². The Balaban J connectivity index is 1.98. The van der Waals surface area contributed by atoms with Gasteiger partial charge in [-0.15, -0.1) is 0 Å². The highest BCUT2D eigenvalue weighted by Gasteiger charge is 2.05. The van der Waals surface area contributed by atoms with Gasteiger partial charge in [-0.1, -0.05) is 24.3 Å². The van der Waals surface area contributed by atoms with Gasteiger partial charge in [0, 0.05) is 12.7 Å². The highest BCUT2D eigenvalue weighted by atomic mass is 16.1. The van der Waals surface area contributed by atoms with Crippen LogP contribution in [0.1, 0.15) is 21.6 Å². The predicted octanol–water partition coefficient (Wildman–Crippen LogP) is 2.25. The van der Waals surface area contributed by atoms with Crippen LogP contribution in [-0.2, 0) is 6.54 Å². The summed E-state index contributed by atoms with van der Waals surface area (Å²) >= 11 is 0. The van der Waals surface area contributed by atoms with Crippen molar-refractivity contribution in [2.45, 2.75) is 13.5 Å². The smallest absolute Gasteiger partial charge is 0.267 e. The molecule has 1 aromatic heterocycles. The number of nitrogens with one attached hydrogen (secondary N) is 2. The first-order chi connectivity index (χ1) is 7.77. The van der Waals surface area contributed by atoms with E-state index in [0.29, 0.717) is 12.2 Å². The molecule has 16 heavy (non-hydrogen) atoms. The number of H-pyrrole nitrogens is 1. The highest BCUT2D eigenvalue weighted by Crippen LogP contribution is 2.06. The molecule has 0 fully saturated rings. The van der Waals surface area contributed by atoms with Crippen LogP contribution in [0.15, 0.2) is 42.6 Å². The van der Waals surface area contributed by atoms with Crippen LogP contribution in [0.4, 0.5) is 0 Å². The maximum absolute atomic E-state index is 11.6. The average molecular weight is 214 g/mol. The molecule has 0 radical (unpaired) electrons. The van der Waals surface area contributed by atoms with Crippen molar-refractivity contribution in [2.24, 2.45) is 0 Å². The summed E-state index contributed by atoms with van der Waals surface area (Å²) in [6.07, 6.45) is 1.74. The van der Waals surface area contributed by atoms with E-state index in [9.17, 15) is 4.79 Å². The fraction of sp³-hybridized carbons (Fsp3) is 0.154. The third-order valence-electron chi connectivity index (χ3n) is 2.54. The van der Waals surface area contributed by atoms with E-state index < -0.39 is 0 Å². The van der Waals surface area contributed by atoms with E-state index in [4.69, 9.17) is 0 Å². The topological polar surface area (TPSA) is 44.9 Å². The van der Waals surface area contributed by atoms with E-state index in [1.807, 2.05) is 37.3 Å². The fourth-order valence-corrected chi connectivity index (χ4v) is 1.55. The molecule has 0 unspecified atom stereocenters. The van der Waals surface area contributed by atoms with Crippen molar-refractivity contribution in [3.63, 3.8) is 0 Å². The number of hydrogen-bond acceptors (Lipinski definition) is 1. The first-order valence-electron chi connectivity index (χ1n) is 5.23. The quantitative estimate of drug-likeness (QED) is 0.808.